The number of hydrogen-bond donors (Lipinski definition) is 1. The molecule has 178 valence electrons. The third kappa shape index (κ3) is 4.88. The zero-order valence-electron chi connectivity index (χ0n) is 17.9. The topological polar surface area (TPSA) is 117 Å². The van der Waals surface area contributed by atoms with E-state index >= 15 is 0 Å². The van der Waals surface area contributed by atoms with Crippen LogP contribution in [0, 0.1) is 5.82 Å². The summed E-state index contributed by atoms with van der Waals surface area (Å²) in [5.41, 5.74) is 0.679. The van der Waals surface area contributed by atoms with E-state index in [2.05, 4.69) is 10.3 Å². The number of nitrogens with one attached hydrogen (secondary N) is 1. The molecule has 1 atom stereocenters. The molecule has 1 aromatic heterocycles. The van der Waals surface area contributed by atoms with Crippen LogP contribution in [0.25, 0.3) is 6.08 Å². The van der Waals surface area contributed by atoms with E-state index in [0.717, 1.165) is 33.1 Å². The summed E-state index contributed by atoms with van der Waals surface area (Å²) < 4.78 is 40.9. The third-order valence-electron chi connectivity index (χ3n) is 5.42. The van der Waals surface area contributed by atoms with Gasteiger partial charge in [-0.3, -0.25) is 24.3 Å². The minimum absolute atomic E-state index is 0.0405. The van der Waals surface area contributed by atoms with Gasteiger partial charge in [0, 0.05) is 32.0 Å². The Hall–Kier alpha value is -3.09. The number of carbonyl (C=O) groups excluding carboxylic acids is 3. The van der Waals surface area contributed by atoms with Gasteiger partial charge in [0.2, 0.25) is 15.9 Å². The van der Waals surface area contributed by atoms with Crippen LogP contribution in [-0.4, -0.2) is 65.3 Å². The van der Waals surface area contributed by atoms with Crippen molar-refractivity contribution in [3.05, 3.63) is 65.1 Å². The third-order valence-corrected chi connectivity index (χ3v) is 8.27. The van der Waals surface area contributed by atoms with Gasteiger partial charge in [-0.25, -0.2) is 12.8 Å². The molecule has 2 saturated heterocycles. The summed E-state index contributed by atoms with van der Waals surface area (Å²) in [6.45, 7) is -0.00824. The van der Waals surface area contributed by atoms with Crippen LogP contribution in [-0.2, 0) is 19.6 Å². The minimum Gasteiger partial charge on any atom is -0.353 e. The lowest BCUT2D eigenvalue weighted by molar-refractivity contribution is -0.125. The zero-order chi connectivity index (χ0) is 24.3. The van der Waals surface area contributed by atoms with E-state index in [1.54, 1.807) is 30.6 Å². The minimum atomic E-state index is -4.20. The summed E-state index contributed by atoms with van der Waals surface area (Å²) >= 11 is 0.798. The molecule has 34 heavy (non-hydrogen) atoms. The Kier molecular flexibility index (Phi) is 7.10. The van der Waals surface area contributed by atoms with Crippen LogP contribution in [0.15, 0.2) is 58.6 Å². The van der Waals surface area contributed by atoms with Gasteiger partial charge < -0.3 is 5.32 Å². The highest BCUT2D eigenvalue weighted by Gasteiger charge is 2.40. The monoisotopic (exact) mass is 504 g/mol. The number of hydrogen-bond acceptors (Lipinski definition) is 7. The molecule has 2 aliphatic heterocycles. The van der Waals surface area contributed by atoms with Gasteiger partial charge in [-0.2, -0.15) is 4.31 Å². The number of carbonyl (C=O) groups is 3. The molecule has 0 radical (unpaired) electrons. The van der Waals surface area contributed by atoms with E-state index < -0.39 is 43.8 Å². The molecular weight excluding hydrogens is 483 g/mol. The predicted molar refractivity (Wildman–Crippen MR) is 123 cm³/mol. The maximum absolute atomic E-state index is 14.1. The summed E-state index contributed by atoms with van der Waals surface area (Å²) in [5, 5.41) is 2.14. The molecule has 0 aliphatic carbocycles. The second-order valence-corrected chi connectivity index (χ2v) is 10.5. The fourth-order valence-corrected chi connectivity index (χ4v) is 6.37. The van der Waals surface area contributed by atoms with Crippen molar-refractivity contribution in [2.75, 3.05) is 19.6 Å². The summed E-state index contributed by atoms with van der Waals surface area (Å²) in [6, 6.07) is 7.49. The van der Waals surface area contributed by atoms with Crippen LogP contribution >= 0.6 is 11.8 Å². The molecule has 0 spiro atoms. The van der Waals surface area contributed by atoms with Crippen LogP contribution in [0.3, 0.4) is 0 Å². The van der Waals surface area contributed by atoms with Crippen molar-refractivity contribution in [1.29, 1.82) is 0 Å². The van der Waals surface area contributed by atoms with Gasteiger partial charge in [0.05, 0.1) is 4.91 Å². The molecule has 0 unspecified atom stereocenters. The normalized spacial score (nSPS) is 20.3. The largest absolute Gasteiger partial charge is 0.353 e. The SMILES string of the molecule is O=C(NCCN1C(=O)S/C(=C\c2cccnc2)C1=O)[C@H]1CCCN1S(=O)(=O)c1ccccc1F. The Morgan fingerprint density at radius 1 is 1.24 bits per heavy atom. The molecule has 0 bridgehead atoms. The lowest BCUT2D eigenvalue weighted by atomic mass is 10.2. The maximum Gasteiger partial charge on any atom is 0.293 e. The Balaban J connectivity index is 1.37. The smallest absolute Gasteiger partial charge is 0.293 e. The molecule has 0 saturated carbocycles. The van der Waals surface area contributed by atoms with E-state index in [1.165, 1.54) is 12.1 Å². The van der Waals surface area contributed by atoms with Crippen molar-refractivity contribution in [3.8, 4) is 0 Å². The molecule has 3 amide bonds. The van der Waals surface area contributed by atoms with Gasteiger partial charge in [-0.15, -0.1) is 0 Å². The number of rotatable bonds is 7. The first-order valence-electron chi connectivity index (χ1n) is 10.5. The number of sulfonamides is 1. The second-order valence-electron chi connectivity index (χ2n) is 7.61. The van der Waals surface area contributed by atoms with Crippen molar-refractivity contribution >= 4 is 44.9 Å². The lowest BCUT2D eigenvalue weighted by Crippen LogP contribution is -2.47. The summed E-state index contributed by atoms with van der Waals surface area (Å²) in [6.07, 6.45) is 5.47. The Morgan fingerprint density at radius 3 is 2.76 bits per heavy atom. The molecule has 9 nitrogen and oxygen atoms in total. The van der Waals surface area contributed by atoms with Crippen molar-refractivity contribution in [3.63, 3.8) is 0 Å². The Bertz CT molecular complexity index is 1250. The van der Waals surface area contributed by atoms with E-state index in [0.29, 0.717) is 12.0 Å². The molecule has 4 rings (SSSR count). The van der Waals surface area contributed by atoms with Gasteiger partial charge in [-0.1, -0.05) is 18.2 Å². The standard InChI is InChI=1S/C22H21FN4O5S2/c23-16-6-1-2-8-19(16)34(31,32)27-11-4-7-17(27)20(28)25-10-12-26-21(29)18(33-22(26)30)13-15-5-3-9-24-14-15/h1-3,5-6,8-9,13-14,17H,4,7,10-12H2,(H,25,28)/b18-13-/t17-/m1/s1. The predicted octanol–water partition coefficient (Wildman–Crippen LogP) is 2.23. The molecule has 3 heterocycles. The van der Waals surface area contributed by atoms with Crippen molar-refractivity contribution in [2.45, 2.75) is 23.8 Å². The maximum atomic E-state index is 14.1. The van der Waals surface area contributed by atoms with E-state index in [-0.39, 0.29) is 31.0 Å². The fraction of sp³-hybridized carbons (Fsp3) is 0.273. The number of thioether (sulfide) groups is 1. The van der Waals surface area contributed by atoms with Gasteiger partial charge in [0.15, 0.2) is 0 Å². The molecular formula is C22H21FN4O5S2. The number of halogens is 1. The van der Waals surface area contributed by atoms with Crippen LogP contribution < -0.4 is 5.32 Å². The highest BCUT2D eigenvalue weighted by atomic mass is 32.2. The zero-order valence-corrected chi connectivity index (χ0v) is 19.5. The lowest BCUT2D eigenvalue weighted by Gasteiger charge is -2.24. The first-order valence-corrected chi connectivity index (χ1v) is 12.7. The molecule has 1 aromatic carbocycles. The second kappa shape index (κ2) is 10.0. The molecule has 12 heteroatoms. The Labute approximate surface area is 200 Å². The fourth-order valence-electron chi connectivity index (χ4n) is 3.78. The van der Waals surface area contributed by atoms with Crippen LogP contribution in [0.4, 0.5) is 9.18 Å². The van der Waals surface area contributed by atoms with Crippen molar-refractivity contribution in [2.24, 2.45) is 0 Å². The van der Waals surface area contributed by atoms with Gasteiger partial charge in [0.25, 0.3) is 11.1 Å². The number of aromatic nitrogens is 1. The number of benzene rings is 1. The van der Waals surface area contributed by atoms with Gasteiger partial charge in [-0.05, 0) is 54.4 Å². The number of nitrogens with zero attached hydrogens (tertiary/aromatic N) is 3. The van der Waals surface area contributed by atoms with Crippen LogP contribution in [0.5, 0.6) is 0 Å². The summed E-state index contributed by atoms with van der Waals surface area (Å²) in [5.74, 6) is -1.92. The average molecular weight is 505 g/mol. The first kappa shape index (κ1) is 24.0. The van der Waals surface area contributed by atoms with E-state index in [4.69, 9.17) is 0 Å². The van der Waals surface area contributed by atoms with Gasteiger partial charge in [0.1, 0.15) is 16.8 Å². The highest BCUT2D eigenvalue weighted by molar-refractivity contribution is 8.18. The summed E-state index contributed by atoms with van der Waals surface area (Å²) in [4.78, 5) is 42.3. The van der Waals surface area contributed by atoms with E-state index in [9.17, 15) is 27.2 Å². The van der Waals surface area contributed by atoms with Crippen molar-refractivity contribution < 1.29 is 27.2 Å². The van der Waals surface area contributed by atoms with Crippen molar-refractivity contribution in [1.82, 2.24) is 19.5 Å². The first-order chi connectivity index (χ1) is 16.3. The summed E-state index contributed by atoms with van der Waals surface area (Å²) in [7, 11) is -4.20. The van der Waals surface area contributed by atoms with E-state index in [1.807, 2.05) is 0 Å². The Morgan fingerprint density at radius 2 is 2.03 bits per heavy atom. The van der Waals surface area contributed by atoms with Gasteiger partial charge >= 0.3 is 0 Å². The molecule has 1 N–H and O–H groups in total. The van der Waals surface area contributed by atoms with Crippen LogP contribution in [0.2, 0.25) is 0 Å². The van der Waals surface area contributed by atoms with Crippen LogP contribution in [0.1, 0.15) is 18.4 Å². The quantitative estimate of drug-likeness (QED) is 0.575. The number of amides is 3. The average Bonchev–Trinajstić information content (AvgIpc) is 3.41. The highest BCUT2D eigenvalue weighted by Crippen LogP contribution is 2.32. The molecule has 2 fully saturated rings. The number of pyridine rings is 1. The molecule has 2 aliphatic rings. The number of imide groups is 1. The molecule has 2 aromatic rings.